The average molecular weight is 297 g/mol. The van der Waals surface area contributed by atoms with Gasteiger partial charge < -0.3 is 10.5 Å². The van der Waals surface area contributed by atoms with E-state index in [1.165, 1.54) is 0 Å². The molecule has 0 spiro atoms. The second kappa shape index (κ2) is 8.40. The second-order valence-corrected chi connectivity index (χ2v) is 4.26. The molecule has 0 fully saturated rings. The van der Waals surface area contributed by atoms with Crippen molar-refractivity contribution >= 4 is 29.0 Å². The third-order valence-electron chi connectivity index (χ3n) is 2.14. The summed E-state index contributed by atoms with van der Waals surface area (Å²) in [6.07, 6.45) is 0. The number of alkyl halides is 2. The Balaban J connectivity index is 0.000000550. The van der Waals surface area contributed by atoms with Gasteiger partial charge in [-0.15, -0.1) is 23.2 Å². The van der Waals surface area contributed by atoms with Crippen molar-refractivity contribution in [1.82, 2.24) is 0 Å². The number of halogens is 2. The molecule has 0 atom stereocenters. The van der Waals surface area contributed by atoms with Crippen LogP contribution in [0.25, 0.3) is 0 Å². The van der Waals surface area contributed by atoms with Crippen LogP contribution in [-0.2, 0) is 0 Å². The molecule has 0 aromatic heterocycles. The van der Waals surface area contributed by atoms with Gasteiger partial charge in [0.15, 0.2) is 0 Å². The fourth-order valence-corrected chi connectivity index (χ4v) is 1.33. The van der Waals surface area contributed by atoms with Gasteiger partial charge in [0.05, 0.1) is 5.34 Å². The Morgan fingerprint density at radius 2 is 1.42 bits per heavy atom. The summed E-state index contributed by atoms with van der Waals surface area (Å²) >= 11 is 9.53. The van der Waals surface area contributed by atoms with Crippen molar-refractivity contribution in [3.05, 3.63) is 60.2 Å². The van der Waals surface area contributed by atoms with E-state index < -0.39 is 0 Å². The van der Waals surface area contributed by atoms with Crippen molar-refractivity contribution in [1.29, 1.82) is 5.41 Å². The quantitative estimate of drug-likeness (QED) is 0.507. The van der Waals surface area contributed by atoms with E-state index in [0.29, 0.717) is 5.56 Å². The van der Waals surface area contributed by atoms with E-state index in [9.17, 15) is 0 Å². The number of hydrogen-bond donors (Lipinski definition) is 2. The number of para-hydroxylation sites is 1. The molecule has 0 aliphatic rings. The first-order valence-corrected chi connectivity index (χ1v) is 6.53. The van der Waals surface area contributed by atoms with Crippen LogP contribution in [-0.4, -0.2) is 11.2 Å². The number of amidine groups is 1. The Kier molecular flexibility index (Phi) is 6.79. The molecule has 19 heavy (non-hydrogen) atoms. The first kappa shape index (κ1) is 15.3. The van der Waals surface area contributed by atoms with Crippen LogP contribution in [0.3, 0.4) is 0 Å². The van der Waals surface area contributed by atoms with E-state index in [0.717, 1.165) is 11.5 Å². The number of benzene rings is 2. The van der Waals surface area contributed by atoms with Gasteiger partial charge in [0.1, 0.15) is 17.3 Å². The van der Waals surface area contributed by atoms with E-state index >= 15 is 0 Å². The molecule has 2 aromatic carbocycles. The van der Waals surface area contributed by atoms with Gasteiger partial charge in [-0.25, -0.2) is 0 Å². The van der Waals surface area contributed by atoms with E-state index in [1.54, 1.807) is 24.3 Å². The SMILES string of the molecule is ClCCl.N=C(N)c1ccc(Oc2ccccc2)cc1. The molecule has 0 bridgehead atoms. The Morgan fingerprint density at radius 3 is 1.89 bits per heavy atom. The van der Waals surface area contributed by atoms with Gasteiger partial charge in [-0.2, -0.15) is 0 Å². The standard InChI is InChI=1S/C13H12N2O.CH2Cl2/c14-13(15)10-6-8-12(9-7-10)16-11-4-2-1-3-5-11;2-1-3/h1-9H,(H3,14,15);1H2. The maximum atomic E-state index is 7.26. The molecular weight excluding hydrogens is 283 g/mol. The summed E-state index contributed by atoms with van der Waals surface area (Å²) in [5.74, 6) is 1.58. The van der Waals surface area contributed by atoms with Crippen LogP contribution in [0.1, 0.15) is 5.56 Å². The van der Waals surface area contributed by atoms with Gasteiger partial charge in [-0.1, -0.05) is 18.2 Å². The minimum absolute atomic E-state index is 0.0614. The second-order valence-electron chi connectivity index (χ2n) is 3.45. The first-order chi connectivity index (χ1) is 9.17. The highest BCUT2D eigenvalue weighted by atomic mass is 35.5. The third-order valence-corrected chi connectivity index (χ3v) is 2.14. The highest BCUT2D eigenvalue weighted by molar-refractivity contribution is 6.40. The van der Waals surface area contributed by atoms with Crippen molar-refractivity contribution in [3.8, 4) is 11.5 Å². The zero-order chi connectivity index (χ0) is 14.1. The number of nitrogen functional groups attached to an aromatic ring is 1. The van der Waals surface area contributed by atoms with Crippen LogP contribution in [0.15, 0.2) is 54.6 Å². The zero-order valence-electron chi connectivity index (χ0n) is 10.1. The lowest BCUT2D eigenvalue weighted by Crippen LogP contribution is -2.10. The largest absolute Gasteiger partial charge is 0.457 e. The van der Waals surface area contributed by atoms with Crippen molar-refractivity contribution in [3.63, 3.8) is 0 Å². The van der Waals surface area contributed by atoms with Gasteiger partial charge in [0, 0.05) is 5.56 Å². The van der Waals surface area contributed by atoms with Gasteiger partial charge in [-0.05, 0) is 36.4 Å². The molecule has 0 radical (unpaired) electrons. The van der Waals surface area contributed by atoms with Gasteiger partial charge in [0.2, 0.25) is 0 Å². The molecular formula is C14H14Cl2N2O. The summed E-state index contributed by atoms with van der Waals surface area (Å²) < 4.78 is 5.60. The number of nitrogens with one attached hydrogen (secondary N) is 1. The Bertz CT molecular complexity index is 501. The molecule has 2 rings (SSSR count). The lowest BCUT2D eigenvalue weighted by molar-refractivity contribution is 0.482. The van der Waals surface area contributed by atoms with Crippen LogP contribution < -0.4 is 10.5 Å². The highest BCUT2D eigenvalue weighted by Crippen LogP contribution is 2.20. The predicted octanol–water partition coefficient (Wildman–Crippen LogP) is 4.18. The molecule has 0 heterocycles. The Hall–Kier alpha value is -1.71. The minimum Gasteiger partial charge on any atom is -0.457 e. The molecule has 0 amide bonds. The Labute approximate surface area is 122 Å². The maximum Gasteiger partial charge on any atom is 0.127 e. The minimum atomic E-state index is 0.0614. The van der Waals surface area contributed by atoms with Crippen LogP contribution in [0.5, 0.6) is 11.5 Å². The van der Waals surface area contributed by atoms with Crippen molar-refractivity contribution in [2.45, 2.75) is 0 Å². The van der Waals surface area contributed by atoms with Crippen LogP contribution in [0.4, 0.5) is 0 Å². The summed E-state index contributed by atoms with van der Waals surface area (Å²) in [6.45, 7) is 0. The van der Waals surface area contributed by atoms with Crippen molar-refractivity contribution < 1.29 is 4.74 Å². The molecule has 3 nitrogen and oxygen atoms in total. The molecule has 100 valence electrons. The van der Waals surface area contributed by atoms with E-state index in [4.69, 9.17) is 39.1 Å². The lowest BCUT2D eigenvalue weighted by Gasteiger charge is -2.05. The monoisotopic (exact) mass is 296 g/mol. The van der Waals surface area contributed by atoms with Gasteiger partial charge in [0.25, 0.3) is 0 Å². The molecule has 0 saturated heterocycles. The number of hydrogen-bond acceptors (Lipinski definition) is 2. The maximum absolute atomic E-state index is 7.26. The lowest BCUT2D eigenvalue weighted by atomic mass is 10.2. The fraction of sp³-hybridized carbons (Fsp3) is 0.0714. The summed E-state index contributed by atoms with van der Waals surface area (Å²) in [5, 5.41) is 7.46. The average Bonchev–Trinajstić information content (AvgIpc) is 2.41. The van der Waals surface area contributed by atoms with Gasteiger partial charge in [-0.3, -0.25) is 5.41 Å². The molecule has 5 heteroatoms. The van der Waals surface area contributed by atoms with Crippen LogP contribution >= 0.6 is 23.2 Å². The molecule has 0 aliphatic heterocycles. The molecule has 0 aliphatic carbocycles. The molecule has 0 saturated carbocycles. The summed E-state index contributed by atoms with van der Waals surface area (Å²) in [7, 11) is 0. The predicted molar refractivity (Wildman–Crippen MR) is 80.5 cm³/mol. The molecule has 0 unspecified atom stereocenters. The number of ether oxygens (including phenoxy) is 1. The first-order valence-electron chi connectivity index (χ1n) is 5.46. The summed E-state index contributed by atoms with van der Waals surface area (Å²) in [6, 6.07) is 16.7. The fourth-order valence-electron chi connectivity index (χ4n) is 1.33. The zero-order valence-corrected chi connectivity index (χ0v) is 11.7. The summed E-state index contributed by atoms with van der Waals surface area (Å²) in [5.41, 5.74) is 6.05. The smallest absolute Gasteiger partial charge is 0.127 e. The summed E-state index contributed by atoms with van der Waals surface area (Å²) in [4.78, 5) is 0. The number of rotatable bonds is 3. The van der Waals surface area contributed by atoms with Crippen LogP contribution in [0, 0.1) is 5.41 Å². The third kappa shape index (κ3) is 5.64. The normalized spacial score (nSPS) is 9.16. The molecule has 2 aromatic rings. The van der Waals surface area contributed by atoms with Crippen LogP contribution in [0.2, 0.25) is 0 Å². The van der Waals surface area contributed by atoms with Crippen molar-refractivity contribution in [2.75, 3.05) is 5.34 Å². The van der Waals surface area contributed by atoms with E-state index in [-0.39, 0.29) is 11.2 Å². The van der Waals surface area contributed by atoms with E-state index in [1.807, 2.05) is 30.3 Å². The van der Waals surface area contributed by atoms with E-state index in [2.05, 4.69) is 0 Å². The van der Waals surface area contributed by atoms with Gasteiger partial charge >= 0.3 is 0 Å². The topological polar surface area (TPSA) is 59.1 Å². The van der Waals surface area contributed by atoms with Crippen molar-refractivity contribution in [2.24, 2.45) is 5.73 Å². The molecule has 3 N–H and O–H groups in total. The highest BCUT2D eigenvalue weighted by Gasteiger charge is 1.98. The number of nitrogens with two attached hydrogens (primary N) is 1. The Morgan fingerprint density at radius 1 is 0.947 bits per heavy atom.